The third-order valence-corrected chi connectivity index (χ3v) is 4.05. The second-order valence-corrected chi connectivity index (χ2v) is 10.7. The lowest BCUT2D eigenvalue weighted by atomic mass is 10.1. The molecule has 0 N–H and O–H groups in total. The Bertz CT molecular complexity index is 238. The van der Waals surface area contributed by atoms with Crippen molar-refractivity contribution in [1.82, 2.24) is 0 Å². The van der Waals surface area contributed by atoms with Gasteiger partial charge in [0.25, 0.3) is 0 Å². The minimum atomic E-state index is -0.940. The van der Waals surface area contributed by atoms with Crippen molar-refractivity contribution in [3.63, 3.8) is 0 Å². The number of rotatable bonds is 5. The Morgan fingerprint density at radius 1 is 1.47 bits per heavy atom. The van der Waals surface area contributed by atoms with Gasteiger partial charge in [0.05, 0.1) is 26.1 Å². The summed E-state index contributed by atoms with van der Waals surface area (Å²) in [7, 11) is -0.940. The molecule has 1 rings (SSSR count). The predicted molar refractivity (Wildman–Crippen MR) is 66.8 cm³/mol. The van der Waals surface area contributed by atoms with E-state index >= 15 is 0 Å². The number of allylic oxidation sites excluding steroid dienone is 1. The summed E-state index contributed by atoms with van der Waals surface area (Å²) in [5.41, 5.74) is 1.33. The van der Waals surface area contributed by atoms with Crippen molar-refractivity contribution >= 4 is 8.07 Å². The second-order valence-electron chi connectivity index (χ2n) is 5.09. The molecular formula is C12H22O2Si. The first kappa shape index (κ1) is 12.5. The van der Waals surface area contributed by atoms with E-state index in [0.29, 0.717) is 0 Å². The molecule has 0 saturated heterocycles. The minimum absolute atomic E-state index is 0.745. The summed E-state index contributed by atoms with van der Waals surface area (Å²) in [4.78, 5) is 0. The van der Waals surface area contributed by atoms with E-state index in [2.05, 4.69) is 31.8 Å². The van der Waals surface area contributed by atoms with Crippen molar-refractivity contribution in [3.05, 3.63) is 24.0 Å². The van der Waals surface area contributed by atoms with Gasteiger partial charge in [-0.2, -0.15) is 0 Å². The molecule has 1 aliphatic rings. The Morgan fingerprint density at radius 3 is 2.87 bits per heavy atom. The quantitative estimate of drug-likeness (QED) is 0.407. The largest absolute Gasteiger partial charge is 0.501 e. The number of ether oxygens (including phenoxy) is 2. The summed E-state index contributed by atoms with van der Waals surface area (Å²) in [6, 6.07) is 1.22. The maximum atomic E-state index is 5.48. The summed E-state index contributed by atoms with van der Waals surface area (Å²) in [5, 5.41) is 0. The van der Waals surface area contributed by atoms with Crippen molar-refractivity contribution < 1.29 is 9.47 Å². The first-order valence-electron chi connectivity index (χ1n) is 5.63. The monoisotopic (exact) mass is 226 g/mol. The van der Waals surface area contributed by atoms with Gasteiger partial charge in [0, 0.05) is 8.07 Å². The van der Waals surface area contributed by atoms with Gasteiger partial charge in [-0.3, -0.25) is 0 Å². The number of hydrogen-bond donors (Lipinski definition) is 0. The van der Waals surface area contributed by atoms with Gasteiger partial charge in [0.2, 0.25) is 0 Å². The van der Waals surface area contributed by atoms with Crippen molar-refractivity contribution in [2.75, 3.05) is 19.8 Å². The summed E-state index contributed by atoms with van der Waals surface area (Å²) in [6.45, 7) is 9.53. The Hall–Kier alpha value is -0.543. The fourth-order valence-corrected chi connectivity index (χ4v) is 1.99. The molecule has 0 fully saturated rings. The van der Waals surface area contributed by atoms with Crippen LogP contribution in [0.5, 0.6) is 0 Å². The average molecular weight is 226 g/mol. The summed E-state index contributed by atoms with van der Waals surface area (Å²) in [6.07, 6.45) is 7.01. The van der Waals surface area contributed by atoms with Crippen LogP contribution in [0.3, 0.4) is 0 Å². The maximum absolute atomic E-state index is 5.48. The Kier molecular flexibility index (Phi) is 5.12. The van der Waals surface area contributed by atoms with Gasteiger partial charge in [-0.05, 0) is 24.1 Å². The Balaban J connectivity index is 2.14. The van der Waals surface area contributed by atoms with Gasteiger partial charge in [0.1, 0.15) is 0 Å². The first-order valence-corrected chi connectivity index (χ1v) is 9.33. The molecule has 1 aliphatic heterocycles. The van der Waals surface area contributed by atoms with Crippen molar-refractivity contribution in [2.24, 2.45) is 0 Å². The topological polar surface area (TPSA) is 18.5 Å². The van der Waals surface area contributed by atoms with Crippen molar-refractivity contribution in [1.29, 1.82) is 0 Å². The molecule has 0 radical (unpaired) electrons. The predicted octanol–water partition coefficient (Wildman–Crippen LogP) is 3.20. The molecule has 1 heterocycles. The third kappa shape index (κ3) is 6.52. The molecule has 0 aliphatic carbocycles. The molecular weight excluding hydrogens is 204 g/mol. The zero-order valence-electron chi connectivity index (χ0n) is 10.1. The molecule has 0 aromatic carbocycles. The van der Waals surface area contributed by atoms with Crippen LogP contribution in [0.25, 0.3) is 0 Å². The summed E-state index contributed by atoms with van der Waals surface area (Å²) >= 11 is 0. The highest BCUT2D eigenvalue weighted by Gasteiger charge is 2.11. The second kappa shape index (κ2) is 6.13. The maximum Gasteiger partial charge on any atom is 0.0849 e. The van der Waals surface area contributed by atoms with E-state index in [9.17, 15) is 0 Å². The molecule has 0 bridgehead atoms. The van der Waals surface area contributed by atoms with Crippen LogP contribution in [0.15, 0.2) is 24.0 Å². The summed E-state index contributed by atoms with van der Waals surface area (Å²) in [5.74, 6) is 0. The third-order valence-electron chi connectivity index (χ3n) is 2.35. The van der Waals surface area contributed by atoms with Gasteiger partial charge in [0.15, 0.2) is 0 Å². The van der Waals surface area contributed by atoms with Gasteiger partial charge in [-0.1, -0.05) is 25.7 Å². The standard InChI is InChI=1S/C12H22O2Si/c1-15(2,3)11-10-14-9-6-12-4-7-13-8-5-12/h4,6,9H,5,7-8,10-11H2,1-3H3/b9-6+. The first-order chi connectivity index (χ1) is 7.08. The molecule has 0 aromatic heterocycles. The van der Waals surface area contributed by atoms with E-state index in [1.54, 1.807) is 0 Å². The van der Waals surface area contributed by atoms with Gasteiger partial charge < -0.3 is 9.47 Å². The molecule has 0 amide bonds. The van der Waals surface area contributed by atoms with Crippen molar-refractivity contribution in [3.8, 4) is 0 Å². The van der Waals surface area contributed by atoms with E-state index in [0.717, 1.165) is 26.2 Å². The Morgan fingerprint density at radius 2 is 2.27 bits per heavy atom. The van der Waals surface area contributed by atoms with Gasteiger partial charge in [-0.15, -0.1) is 0 Å². The molecule has 0 atom stereocenters. The smallest absolute Gasteiger partial charge is 0.0849 e. The highest BCUT2D eigenvalue weighted by molar-refractivity contribution is 6.76. The number of hydrogen-bond acceptors (Lipinski definition) is 2. The van der Waals surface area contributed by atoms with E-state index in [4.69, 9.17) is 9.47 Å². The van der Waals surface area contributed by atoms with E-state index in [-0.39, 0.29) is 0 Å². The van der Waals surface area contributed by atoms with E-state index in [1.165, 1.54) is 11.6 Å². The normalized spacial score (nSPS) is 17.9. The van der Waals surface area contributed by atoms with Crippen LogP contribution < -0.4 is 0 Å². The Labute approximate surface area is 94.0 Å². The van der Waals surface area contributed by atoms with Crippen LogP contribution in [-0.4, -0.2) is 27.9 Å². The fourth-order valence-electron chi connectivity index (χ4n) is 1.26. The van der Waals surface area contributed by atoms with E-state index in [1.807, 2.05) is 6.26 Å². The highest BCUT2D eigenvalue weighted by Crippen LogP contribution is 2.10. The average Bonchev–Trinajstić information content (AvgIpc) is 2.17. The van der Waals surface area contributed by atoms with Gasteiger partial charge in [-0.25, -0.2) is 0 Å². The van der Waals surface area contributed by atoms with Crippen LogP contribution >= 0.6 is 0 Å². The van der Waals surface area contributed by atoms with Crippen molar-refractivity contribution in [2.45, 2.75) is 32.1 Å². The van der Waals surface area contributed by atoms with Crippen LogP contribution in [0.4, 0.5) is 0 Å². The van der Waals surface area contributed by atoms with Crippen LogP contribution in [-0.2, 0) is 9.47 Å². The summed E-state index contributed by atoms with van der Waals surface area (Å²) < 4.78 is 10.7. The minimum Gasteiger partial charge on any atom is -0.501 e. The molecule has 86 valence electrons. The van der Waals surface area contributed by atoms with Crippen LogP contribution in [0.2, 0.25) is 25.7 Å². The molecule has 15 heavy (non-hydrogen) atoms. The lowest BCUT2D eigenvalue weighted by Gasteiger charge is -2.14. The molecule has 2 nitrogen and oxygen atoms in total. The molecule has 0 aromatic rings. The van der Waals surface area contributed by atoms with Gasteiger partial charge >= 0.3 is 0 Å². The van der Waals surface area contributed by atoms with E-state index < -0.39 is 8.07 Å². The lowest BCUT2D eigenvalue weighted by Crippen LogP contribution is -2.21. The zero-order valence-corrected chi connectivity index (χ0v) is 11.1. The molecule has 0 unspecified atom stereocenters. The zero-order chi connectivity index (χ0) is 11.1. The SMILES string of the molecule is C[Si](C)(C)CCO/C=C/C1=CCOCC1. The lowest BCUT2D eigenvalue weighted by molar-refractivity contribution is 0.155. The fraction of sp³-hybridized carbons (Fsp3) is 0.667. The molecule has 0 saturated carbocycles. The molecule has 0 spiro atoms. The molecule has 3 heteroatoms. The van der Waals surface area contributed by atoms with Crippen LogP contribution in [0.1, 0.15) is 6.42 Å². The highest BCUT2D eigenvalue weighted by atomic mass is 28.3. The van der Waals surface area contributed by atoms with Crippen LogP contribution in [0, 0.1) is 0 Å².